The molecule has 0 spiro atoms. The predicted octanol–water partition coefficient (Wildman–Crippen LogP) is 2.70. The van der Waals surface area contributed by atoms with Gasteiger partial charge in [0.05, 0.1) is 12.1 Å². The number of hydrogen-bond acceptors (Lipinski definition) is 4. The van der Waals surface area contributed by atoms with Crippen molar-refractivity contribution in [1.82, 2.24) is 0 Å². The highest BCUT2D eigenvalue weighted by Crippen LogP contribution is 2.27. The number of amides is 3. The number of aryl methyl sites for hydroxylation is 1. The van der Waals surface area contributed by atoms with E-state index in [1.807, 2.05) is 25.1 Å². The number of benzene rings is 2. The zero-order valence-corrected chi connectivity index (χ0v) is 14.1. The lowest BCUT2D eigenvalue weighted by Crippen LogP contribution is -2.35. The van der Waals surface area contributed by atoms with Crippen LogP contribution in [-0.4, -0.2) is 23.8 Å². The van der Waals surface area contributed by atoms with Crippen LogP contribution in [0.1, 0.15) is 18.9 Å². The van der Waals surface area contributed by atoms with Gasteiger partial charge in [0.25, 0.3) is 5.91 Å². The molecule has 0 bridgehead atoms. The van der Waals surface area contributed by atoms with Gasteiger partial charge < -0.3 is 10.6 Å². The fraction of sp³-hybridized carbons (Fsp3) is 0.211. The Labute approximate surface area is 145 Å². The molecular weight excluding hydrogens is 318 g/mol. The first-order valence-electron chi connectivity index (χ1n) is 8.02. The molecular formula is C19H19N3O3. The molecule has 0 aromatic heterocycles. The molecule has 0 radical (unpaired) electrons. The molecule has 1 aliphatic heterocycles. The molecule has 6 nitrogen and oxygen atoms in total. The van der Waals surface area contributed by atoms with Gasteiger partial charge in [-0.3, -0.25) is 14.4 Å². The first-order chi connectivity index (χ1) is 12.0. The zero-order chi connectivity index (χ0) is 18.0. The summed E-state index contributed by atoms with van der Waals surface area (Å²) in [6.45, 7) is 3.31. The van der Waals surface area contributed by atoms with Crippen molar-refractivity contribution in [2.75, 3.05) is 15.5 Å². The van der Waals surface area contributed by atoms with E-state index in [0.717, 1.165) is 5.56 Å². The van der Waals surface area contributed by atoms with Crippen LogP contribution >= 0.6 is 0 Å². The lowest BCUT2D eigenvalue weighted by atomic mass is 10.2. The molecule has 2 aromatic carbocycles. The van der Waals surface area contributed by atoms with Crippen LogP contribution in [0.4, 0.5) is 17.1 Å². The van der Waals surface area contributed by atoms with E-state index in [1.165, 1.54) is 11.8 Å². The number of nitrogens with zero attached hydrogens (tertiary/aromatic N) is 1. The molecule has 6 heteroatoms. The smallest absolute Gasteiger partial charge is 0.256 e. The third-order valence-electron chi connectivity index (χ3n) is 4.05. The molecule has 1 heterocycles. The quantitative estimate of drug-likeness (QED) is 0.841. The van der Waals surface area contributed by atoms with Gasteiger partial charge in [0.2, 0.25) is 11.8 Å². The summed E-state index contributed by atoms with van der Waals surface area (Å²) in [7, 11) is 0. The highest BCUT2D eigenvalue weighted by molar-refractivity contribution is 6.23. The van der Waals surface area contributed by atoms with E-state index in [2.05, 4.69) is 10.6 Å². The second kappa shape index (κ2) is 6.76. The monoisotopic (exact) mass is 337 g/mol. The van der Waals surface area contributed by atoms with Crippen LogP contribution in [0, 0.1) is 6.92 Å². The minimum absolute atomic E-state index is 0.112. The lowest BCUT2D eigenvalue weighted by molar-refractivity contribution is -0.121. The maximum atomic E-state index is 12.7. The lowest BCUT2D eigenvalue weighted by Gasteiger charge is -2.18. The third kappa shape index (κ3) is 3.52. The van der Waals surface area contributed by atoms with Crippen molar-refractivity contribution >= 4 is 34.8 Å². The van der Waals surface area contributed by atoms with Gasteiger partial charge in [-0.05, 0) is 42.8 Å². The summed E-state index contributed by atoms with van der Waals surface area (Å²) < 4.78 is 0. The number of hydrogen-bond donors (Lipinski definition) is 2. The highest BCUT2D eigenvalue weighted by Gasteiger charge is 2.40. The summed E-state index contributed by atoms with van der Waals surface area (Å²) in [5.41, 5.74) is 2.90. The second-order valence-electron chi connectivity index (χ2n) is 6.01. The van der Waals surface area contributed by atoms with E-state index in [0.29, 0.717) is 17.1 Å². The van der Waals surface area contributed by atoms with Gasteiger partial charge in [-0.25, -0.2) is 4.90 Å². The van der Waals surface area contributed by atoms with Crippen molar-refractivity contribution in [3.05, 3.63) is 54.1 Å². The maximum absolute atomic E-state index is 12.7. The fourth-order valence-electron chi connectivity index (χ4n) is 2.87. The van der Waals surface area contributed by atoms with Crippen molar-refractivity contribution in [3.63, 3.8) is 0 Å². The Morgan fingerprint density at radius 3 is 2.32 bits per heavy atom. The van der Waals surface area contributed by atoms with Crippen LogP contribution < -0.4 is 15.5 Å². The molecule has 1 fully saturated rings. The fourth-order valence-corrected chi connectivity index (χ4v) is 2.87. The molecule has 1 atom stereocenters. The van der Waals surface area contributed by atoms with Gasteiger partial charge in [-0.15, -0.1) is 0 Å². The van der Waals surface area contributed by atoms with Gasteiger partial charge >= 0.3 is 0 Å². The van der Waals surface area contributed by atoms with Gasteiger partial charge in [-0.2, -0.15) is 0 Å². The summed E-state index contributed by atoms with van der Waals surface area (Å²) in [4.78, 5) is 37.3. The van der Waals surface area contributed by atoms with E-state index >= 15 is 0 Å². The van der Waals surface area contributed by atoms with Crippen LogP contribution in [0.15, 0.2) is 48.5 Å². The van der Waals surface area contributed by atoms with Gasteiger partial charge in [-0.1, -0.05) is 18.2 Å². The topological polar surface area (TPSA) is 78.5 Å². The van der Waals surface area contributed by atoms with Crippen LogP contribution in [0.3, 0.4) is 0 Å². The Hall–Kier alpha value is -3.15. The Bertz CT molecular complexity index is 830. The van der Waals surface area contributed by atoms with Gasteiger partial charge in [0, 0.05) is 18.3 Å². The first-order valence-corrected chi connectivity index (χ1v) is 8.02. The van der Waals surface area contributed by atoms with Crippen molar-refractivity contribution in [2.45, 2.75) is 26.3 Å². The van der Waals surface area contributed by atoms with E-state index in [-0.39, 0.29) is 24.1 Å². The molecule has 3 rings (SSSR count). The van der Waals surface area contributed by atoms with Crippen LogP contribution in [0.2, 0.25) is 0 Å². The summed E-state index contributed by atoms with van der Waals surface area (Å²) >= 11 is 0. The van der Waals surface area contributed by atoms with Crippen LogP contribution in [0.5, 0.6) is 0 Å². The molecule has 1 unspecified atom stereocenters. The molecule has 3 amide bonds. The van der Waals surface area contributed by atoms with Crippen molar-refractivity contribution < 1.29 is 14.4 Å². The SMILES string of the molecule is CC(=O)Nc1ccc(NC2CC(=O)N(c3ccccc3C)C2=O)cc1. The molecule has 0 saturated carbocycles. The van der Waals surface area contributed by atoms with Crippen molar-refractivity contribution in [1.29, 1.82) is 0 Å². The number of carbonyl (C=O) groups excluding carboxylic acids is 3. The number of para-hydroxylation sites is 1. The normalized spacial score (nSPS) is 16.9. The molecule has 1 aliphatic rings. The van der Waals surface area contributed by atoms with Crippen LogP contribution in [0.25, 0.3) is 0 Å². The average molecular weight is 337 g/mol. The maximum Gasteiger partial charge on any atom is 0.256 e. The van der Waals surface area contributed by atoms with E-state index in [9.17, 15) is 14.4 Å². The number of carbonyl (C=O) groups is 3. The van der Waals surface area contributed by atoms with E-state index < -0.39 is 6.04 Å². The summed E-state index contributed by atoms with van der Waals surface area (Å²) in [5.74, 6) is -0.622. The standard InChI is InChI=1S/C19H19N3O3/c1-12-5-3-4-6-17(12)22-18(24)11-16(19(22)25)21-15-9-7-14(8-10-15)20-13(2)23/h3-10,16,21H,11H2,1-2H3,(H,20,23). The Morgan fingerprint density at radius 1 is 1.04 bits per heavy atom. The van der Waals surface area contributed by atoms with E-state index in [1.54, 1.807) is 30.3 Å². The largest absolute Gasteiger partial charge is 0.373 e. The van der Waals surface area contributed by atoms with E-state index in [4.69, 9.17) is 0 Å². The third-order valence-corrected chi connectivity index (χ3v) is 4.05. The van der Waals surface area contributed by atoms with Crippen molar-refractivity contribution in [2.24, 2.45) is 0 Å². The molecule has 25 heavy (non-hydrogen) atoms. The Kier molecular flexibility index (Phi) is 4.52. The minimum atomic E-state index is -0.598. The minimum Gasteiger partial charge on any atom is -0.373 e. The van der Waals surface area contributed by atoms with Gasteiger partial charge in [0.15, 0.2) is 0 Å². The number of imide groups is 1. The Morgan fingerprint density at radius 2 is 1.68 bits per heavy atom. The molecule has 1 saturated heterocycles. The first kappa shape index (κ1) is 16.7. The molecule has 2 N–H and O–H groups in total. The predicted molar refractivity (Wildman–Crippen MR) is 96.4 cm³/mol. The molecule has 128 valence electrons. The average Bonchev–Trinajstić information content (AvgIpc) is 2.83. The van der Waals surface area contributed by atoms with Crippen LogP contribution in [-0.2, 0) is 14.4 Å². The second-order valence-corrected chi connectivity index (χ2v) is 6.01. The molecule has 2 aromatic rings. The Balaban J connectivity index is 1.74. The summed E-state index contributed by atoms with van der Waals surface area (Å²) in [6, 6.07) is 13.7. The summed E-state index contributed by atoms with van der Waals surface area (Å²) in [6.07, 6.45) is 0.112. The van der Waals surface area contributed by atoms with Crippen molar-refractivity contribution in [3.8, 4) is 0 Å². The summed E-state index contributed by atoms with van der Waals surface area (Å²) in [5, 5.41) is 5.78. The number of nitrogens with one attached hydrogen (secondary N) is 2. The number of anilines is 3. The zero-order valence-electron chi connectivity index (χ0n) is 14.1. The molecule has 0 aliphatic carbocycles. The number of rotatable bonds is 4. The highest BCUT2D eigenvalue weighted by atomic mass is 16.2. The van der Waals surface area contributed by atoms with Gasteiger partial charge in [0.1, 0.15) is 6.04 Å².